The van der Waals surface area contributed by atoms with Gasteiger partial charge in [0, 0.05) is 11.1 Å². The molecular weight excluding hydrogens is 250 g/mol. The van der Waals surface area contributed by atoms with Gasteiger partial charge in [0.25, 0.3) is 0 Å². The van der Waals surface area contributed by atoms with Gasteiger partial charge in [-0.2, -0.15) is 5.26 Å². The molecule has 0 unspecified atom stereocenters. The highest BCUT2D eigenvalue weighted by atomic mass is 16.5. The molecule has 0 fully saturated rings. The zero-order valence-corrected chi connectivity index (χ0v) is 10.8. The molecule has 0 saturated carbocycles. The molecule has 0 spiro atoms. The third-order valence-electron chi connectivity index (χ3n) is 2.79. The summed E-state index contributed by atoms with van der Waals surface area (Å²) in [5.41, 5.74) is 2.27. The maximum absolute atomic E-state index is 10.4. The van der Waals surface area contributed by atoms with E-state index in [1.165, 1.54) is 6.08 Å². The van der Waals surface area contributed by atoms with Crippen LogP contribution in [0.15, 0.2) is 54.6 Å². The van der Waals surface area contributed by atoms with Gasteiger partial charge in [-0.3, -0.25) is 4.79 Å². The lowest BCUT2D eigenvalue weighted by Gasteiger charge is -2.10. The summed E-state index contributed by atoms with van der Waals surface area (Å²) in [7, 11) is 0. The largest absolute Gasteiger partial charge is 0.488 e. The first-order valence-electron chi connectivity index (χ1n) is 6.17. The quantitative estimate of drug-likeness (QED) is 0.614. The van der Waals surface area contributed by atoms with Gasteiger partial charge < -0.3 is 4.74 Å². The first-order valence-corrected chi connectivity index (χ1v) is 6.17. The molecule has 0 heterocycles. The van der Waals surface area contributed by atoms with Gasteiger partial charge in [-0.05, 0) is 24.3 Å². The van der Waals surface area contributed by atoms with Gasteiger partial charge in [0.05, 0.1) is 11.6 Å². The number of hydrogen-bond acceptors (Lipinski definition) is 3. The summed E-state index contributed by atoms with van der Waals surface area (Å²) in [4.78, 5) is 10.4. The number of allylic oxidation sites excluding steroid dienone is 1. The van der Waals surface area contributed by atoms with Gasteiger partial charge in [0.15, 0.2) is 0 Å². The van der Waals surface area contributed by atoms with E-state index in [1.54, 1.807) is 12.1 Å². The van der Waals surface area contributed by atoms with Crippen LogP contribution in [0.25, 0.3) is 6.08 Å². The van der Waals surface area contributed by atoms with Crippen LogP contribution in [-0.2, 0) is 11.4 Å². The second kappa shape index (κ2) is 6.91. The minimum Gasteiger partial charge on any atom is -0.488 e. The van der Waals surface area contributed by atoms with Crippen molar-refractivity contribution in [2.45, 2.75) is 6.61 Å². The molecule has 20 heavy (non-hydrogen) atoms. The second-order valence-corrected chi connectivity index (χ2v) is 4.09. The normalized spacial score (nSPS) is 10.2. The molecular formula is C17H13NO2. The first kappa shape index (κ1) is 13.6. The van der Waals surface area contributed by atoms with Crippen molar-refractivity contribution in [1.29, 1.82) is 5.26 Å². The molecule has 98 valence electrons. The van der Waals surface area contributed by atoms with Gasteiger partial charge in [-0.15, -0.1) is 0 Å². The second-order valence-electron chi connectivity index (χ2n) is 4.09. The van der Waals surface area contributed by atoms with Crippen molar-refractivity contribution in [3.63, 3.8) is 0 Å². The summed E-state index contributed by atoms with van der Waals surface area (Å²) in [6.07, 6.45) is 3.84. The Bertz CT molecular complexity index is 669. The van der Waals surface area contributed by atoms with E-state index in [0.29, 0.717) is 17.9 Å². The number of rotatable bonds is 5. The highest BCUT2D eigenvalue weighted by Gasteiger charge is 2.04. The highest BCUT2D eigenvalue weighted by molar-refractivity contribution is 5.75. The molecule has 0 aliphatic carbocycles. The number of aldehydes is 1. The number of benzene rings is 2. The molecule has 3 nitrogen and oxygen atoms in total. The fourth-order valence-corrected chi connectivity index (χ4v) is 1.80. The smallest absolute Gasteiger partial charge is 0.142 e. The summed E-state index contributed by atoms with van der Waals surface area (Å²) in [6, 6.07) is 16.9. The number of nitrogens with zero attached hydrogens (tertiary/aromatic N) is 1. The van der Waals surface area contributed by atoms with E-state index in [1.807, 2.05) is 42.5 Å². The number of hydrogen-bond donors (Lipinski definition) is 0. The Kier molecular flexibility index (Phi) is 4.69. The summed E-state index contributed by atoms with van der Waals surface area (Å²) in [5.74, 6) is 0.679. The molecule has 0 saturated heterocycles. The standard InChI is InChI=1S/C17H13NO2/c18-12-15-7-1-2-8-16(15)13-20-17-10-4-3-6-14(17)9-5-11-19/h1-11H,13H2/b9-5+. The van der Waals surface area contributed by atoms with Gasteiger partial charge in [0.1, 0.15) is 18.6 Å². The van der Waals surface area contributed by atoms with Gasteiger partial charge in [-0.1, -0.05) is 36.4 Å². The molecule has 2 aromatic rings. The van der Waals surface area contributed by atoms with Crippen molar-refractivity contribution < 1.29 is 9.53 Å². The molecule has 2 aromatic carbocycles. The van der Waals surface area contributed by atoms with Crippen molar-refractivity contribution in [3.05, 3.63) is 71.3 Å². The lowest BCUT2D eigenvalue weighted by molar-refractivity contribution is -0.104. The first-order chi connectivity index (χ1) is 9.85. The van der Waals surface area contributed by atoms with Gasteiger partial charge in [-0.25, -0.2) is 0 Å². The molecule has 0 aromatic heterocycles. The van der Waals surface area contributed by atoms with Gasteiger partial charge >= 0.3 is 0 Å². The van der Waals surface area contributed by atoms with Crippen molar-refractivity contribution in [1.82, 2.24) is 0 Å². The Labute approximate surface area is 117 Å². The predicted octanol–water partition coefficient (Wildman–Crippen LogP) is 3.35. The van der Waals surface area contributed by atoms with E-state index in [2.05, 4.69) is 6.07 Å². The summed E-state index contributed by atoms with van der Waals surface area (Å²) in [5, 5.41) is 9.03. The lowest BCUT2D eigenvalue weighted by Crippen LogP contribution is -1.99. The Morgan fingerprint density at radius 1 is 1.10 bits per heavy atom. The molecule has 2 rings (SSSR count). The molecule has 3 heteroatoms. The fourth-order valence-electron chi connectivity index (χ4n) is 1.80. The monoisotopic (exact) mass is 263 g/mol. The Morgan fingerprint density at radius 3 is 2.65 bits per heavy atom. The van der Waals surface area contributed by atoms with Crippen LogP contribution in [0.5, 0.6) is 5.75 Å². The van der Waals surface area contributed by atoms with E-state index < -0.39 is 0 Å². The van der Waals surface area contributed by atoms with Crippen LogP contribution < -0.4 is 4.74 Å². The van der Waals surface area contributed by atoms with Crippen LogP contribution in [0.1, 0.15) is 16.7 Å². The maximum Gasteiger partial charge on any atom is 0.142 e. The average molecular weight is 263 g/mol. The maximum atomic E-state index is 10.4. The number of nitriles is 1. The third-order valence-corrected chi connectivity index (χ3v) is 2.79. The number of para-hydroxylation sites is 1. The van der Waals surface area contributed by atoms with E-state index in [9.17, 15) is 4.79 Å². The van der Waals surface area contributed by atoms with E-state index in [4.69, 9.17) is 10.00 Å². The van der Waals surface area contributed by atoms with Crippen molar-refractivity contribution in [2.75, 3.05) is 0 Å². The lowest BCUT2D eigenvalue weighted by atomic mass is 10.1. The Hall–Kier alpha value is -2.86. The van der Waals surface area contributed by atoms with E-state index in [0.717, 1.165) is 17.4 Å². The molecule has 0 aliphatic rings. The van der Waals surface area contributed by atoms with Crippen LogP contribution in [0.2, 0.25) is 0 Å². The summed E-state index contributed by atoms with van der Waals surface area (Å²) >= 11 is 0. The molecule has 0 atom stereocenters. The molecule has 0 radical (unpaired) electrons. The topological polar surface area (TPSA) is 50.1 Å². The van der Waals surface area contributed by atoms with Gasteiger partial charge in [0.2, 0.25) is 0 Å². The van der Waals surface area contributed by atoms with Crippen molar-refractivity contribution >= 4 is 12.4 Å². The van der Waals surface area contributed by atoms with E-state index >= 15 is 0 Å². The van der Waals surface area contributed by atoms with Crippen LogP contribution in [0.3, 0.4) is 0 Å². The zero-order chi connectivity index (χ0) is 14.2. The van der Waals surface area contributed by atoms with Crippen LogP contribution >= 0.6 is 0 Å². The third kappa shape index (κ3) is 3.33. The van der Waals surface area contributed by atoms with Crippen LogP contribution in [0, 0.1) is 11.3 Å². The molecule has 0 N–H and O–H groups in total. The Morgan fingerprint density at radius 2 is 1.85 bits per heavy atom. The number of carbonyl (C=O) groups is 1. The van der Waals surface area contributed by atoms with E-state index in [-0.39, 0.29) is 0 Å². The van der Waals surface area contributed by atoms with Crippen molar-refractivity contribution in [3.8, 4) is 11.8 Å². The summed E-state index contributed by atoms with van der Waals surface area (Å²) < 4.78 is 5.74. The fraction of sp³-hybridized carbons (Fsp3) is 0.0588. The average Bonchev–Trinajstić information content (AvgIpc) is 2.52. The van der Waals surface area contributed by atoms with Crippen LogP contribution in [0.4, 0.5) is 0 Å². The highest BCUT2D eigenvalue weighted by Crippen LogP contribution is 2.21. The predicted molar refractivity (Wildman–Crippen MR) is 77.0 cm³/mol. The van der Waals surface area contributed by atoms with Crippen LogP contribution in [-0.4, -0.2) is 6.29 Å². The summed E-state index contributed by atoms with van der Waals surface area (Å²) in [6.45, 7) is 0.315. The molecule has 0 aliphatic heterocycles. The van der Waals surface area contributed by atoms with Crippen molar-refractivity contribution in [2.24, 2.45) is 0 Å². The Balaban J connectivity index is 2.17. The number of carbonyl (C=O) groups excluding carboxylic acids is 1. The molecule has 0 bridgehead atoms. The molecule has 0 amide bonds. The minimum absolute atomic E-state index is 0.315. The zero-order valence-electron chi connectivity index (χ0n) is 10.8. The minimum atomic E-state index is 0.315. The number of ether oxygens (including phenoxy) is 1. The SMILES string of the molecule is N#Cc1ccccc1COc1ccccc1/C=C/C=O.